The molecule has 0 saturated heterocycles. The largest absolute Gasteiger partial charge is 0.269 e. The zero-order valence-corrected chi connectivity index (χ0v) is 11.1. The van der Waals surface area contributed by atoms with E-state index in [1.807, 2.05) is 0 Å². The van der Waals surface area contributed by atoms with Crippen LogP contribution in [0, 0.1) is 5.41 Å². The second-order valence-corrected chi connectivity index (χ2v) is 6.16. The lowest BCUT2D eigenvalue weighted by molar-refractivity contribution is 0.327. The molecule has 2 saturated carbocycles. The topological polar surface area (TPSA) is 17.8 Å². The molecule has 0 aromatic carbocycles. The van der Waals surface area contributed by atoms with Crippen molar-refractivity contribution in [1.82, 2.24) is 9.78 Å². The van der Waals surface area contributed by atoms with Crippen molar-refractivity contribution in [2.45, 2.75) is 57.4 Å². The minimum absolute atomic E-state index is 0.396. The maximum Gasteiger partial charge on any atom is 0.0630 e. The highest BCUT2D eigenvalue weighted by molar-refractivity contribution is 6.18. The van der Waals surface area contributed by atoms with Crippen LogP contribution >= 0.6 is 11.6 Å². The molecular weight excluding hydrogens is 232 g/mol. The second kappa shape index (κ2) is 4.64. The molecule has 0 unspecified atom stereocenters. The van der Waals surface area contributed by atoms with Gasteiger partial charge in [0, 0.05) is 12.1 Å². The van der Waals surface area contributed by atoms with Crippen LogP contribution in [0.5, 0.6) is 0 Å². The lowest BCUT2D eigenvalue weighted by atomic mass is 9.96. The fraction of sp³-hybridized carbons (Fsp3) is 0.786. The number of alkyl halides is 1. The van der Waals surface area contributed by atoms with Crippen LogP contribution < -0.4 is 0 Å². The van der Waals surface area contributed by atoms with E-state index < -0.39 is 0 Å². The van der Waals surface area contributed by atoms with Crippen LogP contribution in [-0.2, 0) is 6.42 Å². The van der Waals surface area contributed by atoms with E-state index in [1.165, 1.54) is 50.6 Å². The van der Waals surface area contributed by atoms with E-state index in [-0.39, 0.29) is 0 Å². The average Bonchev–Trinajstić information content (AvgIpc) is 3.00. The summed E-state index contributed by atoms with van der Waals surface area (Å²) in [4.78, 5) is 0. The lowest BCUT2D eigenvalue weighted by Gasteiger charge is -2.21. The van der Waals surface area contributed by atoms with Gasteiger partial charge in [0.25, 0.3) is 0 Å². The number of aromatic nitrogens is 2. The van der Waals surface area contributed by atoms with E-state index in [0.717, 1.165) is 12.3 Å². The molecule has 3 rings (SSSR count). The van der Waals surface area contributed by atoms with Gasteiger partial charge in [0.2, 0.25) is 0 Å². The average molecular weight is 253 g/mol. The fourth-order valence-electron chi connectivity index (χ4n) is 2.94. The third-order valence-electron chi connectivity index (χ3n) is 4.41. The number of hydrogen-bond acceptors (Lipinski definition) is 1. The summed E-state index contributed by atoms with van der Waals surface area (Å²) in [5, 5.41) is 4.77. The van der Waals surface area contributed by atoms with Crippen LogP contribution in [-0.4, -0.2) is 15.7 Å². The Morgan fingerprint density at radius 3 is 2.71 bits per heavy atom. The molecule has 2 aliphatic rings. The van der Waals surface area contributed by atoms with Crippen LogP contribution in [0.1, 0.15) is 56.7 Å². The molecule has 0 bridgehead atoms. The van der Waals surface area contributed by atoms with Crippen molar-refractivity contribution in [1.29, 1.82) is 0 Å². The van der Waals surface area contributed by atoms with Gasteiger partial charge in [-0.3, -0.25) is 4.68 Å². The summed E-state index contributed by atoms with van der Waals surface area (Å²) in [5.74, 6) is 0.795. The molecule has 17 heavy (non-hydrogen) atoms. The molecule has 94 valence electrons. The zero-order chi connectivity index (χ0) is 11.7. The van der Waals surface area contributed by atoms with Crippen molar-refractivity contribution < 1.29 is 0 Å². The Morgan fingerprint density at radius 1 is 1.29 bits per heavy atom. The van der Waals surface area contributed by atoms with Crippen molar-refractivity contribution in [3.63, 3.8) is 0 Å². The summed E-state index contributed by atoms with van der Waals surface area (Å²) in [7, 11) is 0. The predicted octanol–water partition coefficient (Wildman–Crippen LogP) is 3.95. The Bertz CT molecular complexity index is 375. The molecule has 0 radical (unpaired) electrons. The van der Waals surface area contributed by atoms with Gasteiger partial charge in [-0.2, -0.15) is 5.10 Å². The minimum atomic E-state index is 0.396. The monoisotopic (exact) mass is 252 g/mol. The van der Waals surface area contributed by atoms with Crippen LogP contribution in [0.4, 0.5) is 0 Å². The maximum atomic E-state index is 6.03. The predicted molar refractivity (Wildman–Crippen MR) is 70.4 cm³/mol. The third-order valence-corrected chi connectivity index (χ3v) is 4.98. The zero-order valence-electron chi connectivity index (χ0n) is 10.4. The van der Waals surface area contributed by atoms with Crippen LogP contribution in [0.15, 0.2) is 12.3 Å². The minimum Gasteiger partial charge on any atom is -0.269 e. The first-order valence-corrected chi connectivity index (χ1v) is 7.45. The molecule has 1 aromatic heterocycles. The van der Waals surface area contributed by atoms with Crippen LogP contribution in [0.2, 0.25) is 0 Å². The smallest absolute Gasteiger partial charge is 0.0630 e. The van der Waals surface area contributed by atoms with Gasteiger partial charge in [-0.25, -0.2) is 0 Å². The van der Waals surface area contributed by atoms with Gasteiger partial charge >= 0.3 is 0 Å². The van der Waals surface area contributed by atoms with Gasteiger partial charge in [-0.15, -0.1) is 11.6 Å². The fourth-order valence-corrected chi connectivity index (χ4v) is 3.30. The first-order chi connectivity index (χ1) is 8.31. The quantitative estimate of drug-likeness (QED) is 0.742. The van der Waals surface area contributed by atoms with E-state index in [9.17, 15) is 0 Å². The molecule has 0 atom stereocenters. The summed E-state index contributed by atoms with van der Waals surface area (Å²) in [6.45, 7) is 0. The van der Waals surface area contributed by atoms with E-state index in [1.54, 1.807) is 0 Å². The van der Waals surface area contributed by atoms with E-state index >= 15 is 0 Å². The summed E-state index contributed by atoms with van der Waals surface area (Å²) in [6, 6.07) is 2.85. The molecule has 2 aliphatic carbocycles. The van der Waals surface area contributed by atoms with E-state index in [0.29, 0.717) is 11.5 Å². The van der Waals surface area contributed by atoms with Gasteiger partial charge in [-0.1, -0.05) is 19.3 Å². The Kier molecular flexibility index (Phi) is 3.16. The molecule has 0 aliphatic heterocycles. The van der Waals surface area contributed by atoms with Crippen LogP contribution in [0.3, 0.4) is 0 Å². The number of nitrogens with zero attached hydrogens (tertiary/aromatic N) is 2. The normalized spacial score (nSPS) is 23.8. The summed E-state index contributed by atoms with van der Waals surface area (Å²) >= 11 is 6.03. The molecule has 2 fully saturated rings. The van der Waals surface area contributed by atoms with Gasteiger partial charge in [-0.05, 0) is 43.6 Å². The molecule has 3 heteroatoms. The highest BCUT2D eigenvalue weighted by Gasteiger charge is 2.42. The Morgan fingerprint density at radius 2 is 2.06 bits per heavy atom. The molecule has 2 nitrogen and oxygen atoms in total. The van der Waals surface area contributed by atoms with Gasteiger partial charge < -0.3 is 0 Å². The second-order valence-electron chi connectivity index (χ2n) is 5.89. The van der Waals surface area contributed by atoms with Gasteiger partial charge in [0.05, 0.1) is 11.7 Å². The summed E-state index contributed by atoms with van der Waals surface area (Å²) < 4.78 is 2.21. The lowest BCUT2D eigenvalue weighted by Crippen LogP contribution is -2.14. The third kappa shape index (κ3) is 2.52. The highest BCUT2D eigenvalue weighted by atomic mass is 35.5. The molecular formula is C14H21ClN2. The van der Waals surface area contributed by atoms with E-state index in [2.05, 4.69) is 16.9 Å². The van der Waals surface area contributed by atoms with Gasteiger partial charge in [0.15, 0.2) is 0 Å². The number of hydrogen-bond donors (Lipinski definition) is 0. The van der Waals surface area contributed by atoms with Crippen molar-refractivity contribution >= 4 is 11.6 Å². The maximum absolute atomic E-state index is 6.03. The first-order valence-electron chi connectivity index (χ1n) is 6.91. The molecule has 0 spiro atoms. The van der Waals surface area contributed by atoms with E-state index in [4.69, 9.17) is 16.7 Å². The van der Waals surface area contributed by atoms with Crippen molar-refractivity contribution in [2.24, 2.45) is 5.41 Å². The highest BCUT2D eigenvalue weighted by Crippen LogP contribution is 2.49. The van der Waals surface area contributed by atoms with Crippen LogP contribution in [0.25, 0.3) is 0 Å². The number of halogens is 1. The SMILES string of the molecule is ClCC1(Cc2ccn(C3CCCCC3)n2)CC1. The van der Waals surface area contributed by atoms with Gasteiger partial charge in [0.1, 0.15) is 0 Å². The van der Waals surface area contributed by atoms with Crippen molar-refractivity contribution in [3.05, 3.63) is 18.0 Å². The first kappa shape index (κ1) is 11.6. The molecule has 1 aromatic rings. The molecule has 0 N–H and O–H groups in total. The molecule has 0 amide bonds. The summed E-state index contributed by atoms with van der Waals surface area (Å²) in [5.41, 5.74) is 1.64. The summed E-state index contributed by atoms with van der Waals surface area (Å²) in [6.07, 6.45) is 12.6. The standard InChI is InChI=1S/C14H21ClN2/c15-11-14(7-8-14)10-12-6-9-17(16-12)13-4-2-1-3-5-13/h6,9,13H,1-5,7-8,10-11H2. The molecule has 1 heterocycles. The Balaban J connectivity index is 1.65. The Labute approximate surface area is 108 Å². The number of rotatable bonds is 4. The van der Waals surface area contributed by atoms with Crippen molar-refractivity contribution in [2.75, 3.05) is 5.88 Å². The van der Waals surface area contributed by atoms with Crippen molar-refractivity contribution in [3.8, 4) is 0 Å². The Hall–Kier alpha value is -0.500.